The molecule has 3 saturated carbocycles. The number of carbonyl (C=O) groups excluding carboxylic acids is 1. The van der Waals surface area contributed by atoms with Crippen LogP contribution in [0.15, 0.2) is 24.5 Å². The van der Waals surface area contributed by atoms with Gasteiger partial charge in [0.25, 0.3) is 0 Å². The number of anilines is 1. The number of aromatic nitrogens is 2. The van der Waals surface area contributed by atoms with Gasteiger partial charge in [0.2, 0.25) is 5.91 Å². The minimum Gasteiger partial charge on any atom is -0.478 e. The summed E-state index contributed by atoms with van der Waals surface area (Å²) >= 11 is 0. The number of nitrogens with zero attached hydrogens (tertiary/aromatic N) is 2. The maximum atomic E-state index is 15.2. The van der Waals surface area contributed by atoms with Crippen molar-refractivity contribution in [1.82, 2.24) is 9.78 Å². The Balaban J connectivity index is 1.39. The molecule has 0 radical (unpaired) electrons. The van der Waals surface area contributed by atoms with Crippen molar-refractivity contribution >= 4 is 17.6 Å². The third-order valence-corrected chi connectivity index (χ3v) is 7.96. The Morgan fingerprint density at radius 3 is 2.47 bits per heavy atom. The number of hydrogen-bond donors (Lipinski definition) is 2. The van der Waals surface area contributed by atoms with Gasteiger partial charge in [0.1, 0.15) is 5.82 Å². The third-order valence-electron chi connectivity index (χ3n) is 7.96. The molecule has 0 spiro atoms. The van der Waals surface area contributed by atoms with Gasteiger partial charge in [-0.1, -0.05) is 19.8 Å². The third kappa shape index (κ3) is 3.71. The highest BCUT2D eigenvalue weighted by atomic mass is 19.1. The Hall–Kier alpha value is -2.70. The molecule has 7 heteroatoms. The van der Waals surface area contributed by atoms with Crippen LogP contribution in [-0.4, -0.2) is 26.8 Å². The predicted molar refractivity (Wildman–Crippen MR) is 119 cm³/mol. The molecule has 1 aromatic carbocycles. The lowest BCUT2D eigenvalue weighted by molar-refractivity contribution is -0.123. The average Bonchev–Trinajstić information content (AvgIpc) is 3.40. The van der Waals surface area contributed by atoms with Gasteiger partial charge >= 0.3 is 5.97 Å². The molecule has 1 amide bonds. The van der Waals surface area contributed by atoms with Crippen molar-refractivity contribution in [3.63, 3.8) is 0 Å². The Labute approximate surface area is 187 Å². The van der Waals surface area contributed by atoms with Crippen LogP contribution in [0.25, 0.3) is 11.1 Å². The Bertz CT molecular complexity index is 1050. The summed E-state index contributed by atoms with van der Waals surface area (Å²) in [4.78, 5) is 25.1. The van der Waals surface area contributed by atoms with Crippen molar-refractivity contribution in [3.8, 4) is 11.1 Å². The van der Waals surface area contributed by atoms with Crippen molar-refractivity contribution in [2.45, 2.75) is 70.8 Å². The number of hydrogen-bond acceptors (Lipinski definition) is 3. The van der Waals surface area contributed by atoms with Crippen molar-refractivity contribution in [3.05, 3.63) is 35.9 Å². The highest BCUT2D eigenvalue weighted by Gasteiger charge is 2.55. The van der Waals surface area contributed by atoms with E-state index in [1.54, 1.807) is 10.9 Å². The van der Waals surface area contributed by atoms with Gasteiger partial charge in [0.15, 0.2) is 0 Å². The second-order valence-electron chi connectivity index (χ2n) is 10.0. The van der Waals surface area contributed by atoms with Crippen molar-refractivity contribution in [1.29, 1.82) is 0 Å². The lowest BCUT2D eigenvalue weighted by atomic mass is 9.74. The normalized spacial score (nSPS) is 24.6. The van der Waals surface area contributed by atoms with Crippen LogP contribution in [-0.2, 0) is 4.79 Å². The second kappa shape index (κ2) is 8.01. The van der Waals surface area contributed by atoms with Crippen LogP contribution in [0.5, 0.6) is 0 Å². The standard InChI is InChI=1S/C25H30FN3O3/c1-15-5-7-17(8-6-15)25(9-10-25)24(32)28-18-11-20(23(30)31)22(21(26)12-18)16-13-27-29(14-16)19-3-2-4-19/h11-15,17,19H,2-10H2,1H3,(H,28,32)(H,30,31). The van der Waals surface area contributed by atoms with Gasteiger partial charge in [-0.3, -0.25) is 9.48 Å². The summed E-state index contributed by atoms with van der Waals surface area (Å²) in [6, 6.07) is 2.91. The van der Waals surface area contributed by atoms with E-state index in [9.17, 15) is 14.7 Å². The monoisotopic (exact) mass is 439 g/mol. The summed E-state index contributed by atoms with van der Waals surface area (Å²) in [6.45, 7) is 2.25. The van der Waals surface area contributed by atoms with Crippen molar-refractivity contribution < 1.29 is 19.1 Å². The van der Waals surface area contributed by atoms with Crippen LogP contribution in [0, 0.1) is 23.1 Å². The van der Waals surface area contributed by atoms with E-state index in [0.717, 1.165) is 57.8 Å². The molecule has 32 heavy (non-hydrogen) atoms. The minimum atomic E-state index is -1.23. The number of benzene rings is 1. The maximum Gasteiger partial charge on any atom is 0.336 e. The Morgan fingerprint density at radius 2 is 1.88 bits per heavy atom. The molecule has 3 aliphatic carbocycles. The van der Waals surface area contributed by atoms with E-state index in [2.05, 4.69) is 17.3 Å². The SMILES string of the molecule is CC1CCC(C2(C(=O)Nc3cc(F)c(-c4cnn(C5CCC5)c4)c(C(=O)O)c3)CC2)CC1. The van der Waals surface area contributed by atoms with E-state index in [1.165, 1.54) is 18.3 Å². The first-order valence-corrected chi connectivity index (χ1v) is 11.8. The van der Waals surface area contributed by atoms with E-state index in [1.807, 2.05) is 0 Å². The molecule has 1 heterocycles. The molecular formula is C25H30FN3O3. The van der Waals surface area contributed by atoms with Gasteiger partial charge in [-0.2, -0.15) is 5.10 Å². The maximum absolute atomic E-state index is 15.2. The van der Waals surface area contributed by atoms with Gasteiger partial charge in [-0.15, -0.1) is 0 Å². The lowest BCUT2D eigenvalue weighted by Crippen LogP contribution is -2.33. The number of nitrogens with one attached hydrogen (secondary N) is 1. The second-order valence-corrected chi connectivity index (χ2v) is 10.0. The fourth-order valence-corrected chi connectivity index (χ4v) is 5.48. The van der Waals surface area contributed by atoms with Gasteiger partial charge in [0.05, 0.1) is 23.2 Å². The summed E-state index contributed by atoms with van der Waals surface area (Å²) in [7, 11) is 0. The highest BCUT2D eigenvalue weighted by molar-refractivity contribution is 6.01. The van der Waals surface area contributed by atoms with Crippen LogP contribution >= 0.6 is 0 Å². The van der Waals surface area contributed by atoms with Gasteiger partial charge < -0.3 is 10.4 Å². The summed E-state index contributed by atoms with van der Waals surface area (Å²) in [5, 5.41) is 16.9. The highest BCUT2D eigenvalue weighted by Crippen LogP contribution is 2.57. The zero-order valence-corrected chi connectivity index (χ0v) is 18.4. The van der Waals surface area contributed by atoms with E-state index in [4.69, 9.17) is 0 Å². The first kappa shape index (κ1) is 21.2. The molecule has 2 aromatic rings. The number of rotatable bonds is 6. The van der Waals surface area contributed by atoms with Gasteiger partial charge in [-0.05, 0) is 68.9 Å². The van der Waals surface area contributed by atoms with Crippen LogP contribution in [0.4, 0.5) is 10.1 Å². The number of halogens is 1. The predicted octanol–water partition coefficient (Wildman–Crippen LogP) is 5.66. The average molecular weight is 440 g/mol. The first-order chi connectivity index (χ1) is 15.4. The number of aromatic carboxylic acids is 1. The molecule has 0 bridgehead atoms. The largest absolute Gasteiger partial charge is 0.478 e. The molecule has 6 nitrogen and oxygen atoms in total. The number of amides is 1. The molecule has 0 aliphatic heterocycles. The quantitative estimate of drug-likeness (QED) is 0.608. The molecular weight excluding hydrogens is 409 g/mol. The zero-order valence-electron chi connectivity index (χ0n) is 18.4. The van der Waals surface area contributed by atoms with E-state index >= 15 is 4.39 Å². The summed E-state index contributed by atoms with van der Waals surface area (Å²) in [5.74, 6) is -0.922. The number of carbonyl (C=O) groups is 2. The molecule has 3 aliphatic rings. The van der Waals surface area contributed by atoms with Crippen LogP contribution in [0.1, 0.15) is 81.1 Å². The molecule has 2 N–H and O–H groups in total. The number of carboxylic acid groups (broad SMARTS) is 1. The van der Waals surface area contributed by atoms with Crippen LogP contribution in [0.2, 0.25) is 0 Å². The lowest BCUT2D eigenvalue weighted by Gasteiger charge is -2.32. The summed E-state index contributed by atoms with van der Waals surface area (Å²) in [6.07, 6.45) is 12.5. The van der Waals surface area contributed by atoms with Crippen LogP contribution in [0.3, 0.4) is 0 Å². The summed E-state index contributed by atoms with van der Waals surface area (Å²) < 4.78 is 17.0. The Morgan fingerprint density at radius 1 is 1.16 bits per heavy atom. The number of carboxylic acids is 1. The molecule has 0 unspecified atom stereocenters. The first-order valence-electron chi connectivity index (χ1n) is 11.8. The van der Waals surface area contributed by atoms with Gasteiger partial charge in [0, 0.05) is 23.0 Å². The van der Waals surface area contributed by atoms with E-state index in [0.29, 0.717) is 23.4 Å². The topological polar surface area (TPSA) is 84.2 Å². The molecule has 0 saturated heterocycles. The Kier molecular flexibility index (Phi) is 5.30. The summed E-state index contributed by atoms with van der Waals surface area (Å²) in [5.41, 5.74) is 0.131. The molecule has 1 aromatic heterocycles. The zero-order chi connectivity index (χ0) is 22.5. The van der Waals surface area contributed by atoms with Crippen LogP contribution < -0.4 is 5.32 Å². The van der Waals surface area contributed by atoms with Gasteiger partial charge in [-0.25, -0.2) is 9.18 Å². The van der Waals surface area contributed by atoms with E-state index in [-0.39, 0.29) is 28.1 Å². The van der Waals surface area contributed by atoms with Crippen molar-refractivity contribution in [2.24, 2.45) is 17.3 Å². The smallest absolute Gasteiger partial charge is 0.336 e. The minimum absolute atomic E-state index is 0.0171. The van der Waals surface area contributed by atoms with E-state index < -0.39 is 11.8 Å². The molecule has 3 fully saturated rings. The van der Waals surface area contributed by atoms with Crippen molar-refractivity contribution in [2.75, 3.05) is 5.32 Å². The molecule has 5 rings (SSSR count). The molecule has 170 valence electrons. The fraction of sp³-hybridized carbons (Fsp3) is 0.560. The fourth-order valence-electron chi connectivity index (χ4n) is 5.48. The molecule has 0 atom stereocenters.